The highest BCUT2D eigenvalue weighted by Crippen LogP contribution is 2.34. The molecule has 2 rings (SSSR count). The second-order valence-corrected chi connectivity index (χ2v) is 5.77. The molecule has 0 spiro atoms. The van der Waals surface area contributed by atoms with E-state index in [4.69, 9.17) is 40.5 Å². The van der Waals surface area contributed by atoms with Gasteiger partial charge in [-0.1, -0.05) is 34.8 Å². The molecule has 3 N–H and O–H groups in total. The van der Waals surface area contributed by atoms with Gasteiger partial charge >= 0.3 is 5.97 Å². The van der Waals surface area contributed by atoms with Gasteiger partial charge in [-0.15, -0.1) is 11.3 Å². The van der Waals surface area contributed by atoms with Gasteiger partial charge in [0.15, 0.2) is 5.13 Å². The number of nitrogen functional groups attached to an aromatic ring is 1. The van der Waals surface area contributed by atoms with E-state index < -0.39 is 5.97 Å². The van der Waals surface area contributed by atoms with Crippen molar-refractivity contribution in [1.29, 1.82) is 0 Å². The second kappa shape index (κ2) is 6.01. The topological polar surface area (TPSA) is 76.2 Å². The number of hydrogen-bond donors (Lipinski definition) is 2. The monoisotopic (exact) mass is 348 g/mol. The molecule has 0 amide bonds. The summed E-state index contributed by atoms with van der Waals surface area (Å²) >= 11 is 19.1. The van der Waals surface area contributed by atoms with Crippen molar-refractivity contribution in [1.82, 2.24) is 4.98 Å². The van der Waals surface area contributed by atoms with E-state index in [9.17, 15) is 9.90 Å². The van der Waals surface area contributed by atoms with E-state index >= 15 is 0 Å². The standard InChI is InChI=1S/C12H7Cl3N2O2S/c13-7-1-2-8(14)10(15)5(7)3-6(11(18)19)9-4-20-12(16)17-9/h1-4H,(H2,16,17)(H,18,19)/b6-3-. The first-order valence-electron chi connectivity index (χ1n) is 5.20. The first kappa shape index (κ1) is 15.1. The fourth-order valence-electron chi connectivity index (χ4n) is 1.48. The van der Waals surface area contributed by atoms with Gasteiger partial charge in [0, 0.05) is 16.0 Å². The second-order valence-electron chi connectivity index (χ2n) is 3.69. The van der Waals surface area contributed by atoms with E-state index in [2.05, 4.69) is 4.98 Å². The van der Waals surface area contributed by atoms with Gasteiger partial charge in [0.25, 0.3) is 0 Å². The van der Waals surface area contributed by atoms with Gasteiger partial charge < -0.3 is 10.8 Å². The SMILES string of the molecule is Nc1nc(/C(=C/c2c(Cl)ccc(Cl)c2Cl)C(=O)O)cs1. The number of benzene rings is 1. The van der Waals surface area contributed by atoms with Gasteiger partial charge in [0.05, 0.1) is 21.3 Å². The molecule has 0 aliphatic heterocycles. The lowest BCUT2D eigenvalue weighted by atomic mass is 10.1. The molecular formula is C12H7Cl3N2O2S. The number of aliphatic carboxylic acids is 1. The number of halogens is 3. The van der Waals surface area contributed by atoms with Crippen molar-refractivity contribution < 1.29 is 9.90 Å². The number of carboxylic acids is 1. The zero-order valence-electron chi connectivity index (χ0n) is 9.73. The fraction of sp³-hybridized carbons (Fsp3) is 0. The number of rotatable bonds is 3. The number of anilines is 1. The first-order valence-corrected chi connectivity index (χ1v) is 7.21. The van der Waals surface area contributed by atoms with Crippen LogP contribution in [0.1, 0.15) is 11.3 Å². The molecule has 0 saturated carbocycles. The molecular weight excluding hydrogens is 343 g/mol. The summed E-state index contributed by atoms with van der Waals surface area (Å²) in [7, 11) is 0. The Morgan fingerprint density at radius 1 is 1.30 bits per heavy atom. The van der Waals surface area contributed by atoms with Crippen LogP contribution in [-0.4, -0.2) is 16.1 Å². The molecule has 0 aliphatic rings. The van der Waals surface area contributed by atoms with Gasteiger partial charge in [0.1, 0.15) is 0 Å². The summed E-state index contributed by atoms with van der Waals surface area (Å²) in [6, 6.07) is 3.07. The van der Waals surface area contributed by atoms with E-state index in [1.54, 1.807) is 5.38 Å². The highest BCUT2D eigenvalue weighted by Gasteiger charge is 2.16. The van der Waals surface area contributed by atoms with Crippen molar-refractivity contribution >= 4 is 68.9 Å². The summed E-state index contributed by atoms with van der Waals surface area (Å²) in [4.78, 5) is 15.3. The van der Waals surface area contributed by atoms with Crippen LogP contribution in [0.3, 0.4) is 0 Å². The quantitative estimate of drug-likeness (QED) is 0.639. The van der Waals surface area contributed by atoms with E-state index in [0.717, 1.165) is 11.3 Å². The Bertz CT molecular complexity index is 713. The molecule has 0 atom stereocenters. The third-order valence-electron chi connectivity index (χ3n) is 2.40. The van der Waals surface area contributed by atoms with Crippen molar-refractivity contribution in [2.75, 3.05) is 5.73 Å². The molecule has 4 nitrogen and oxygen atoms in total. The van der Waals surface area contributed by atoms with E-state index in [1.807, 2.05) is 0 Å². The number of hydrogen-bond acceptors (Lipinski definition) is 4. The summed E-state index contributed by atoms with van der Waals surface area (Å²) in [5, 5.41) is 11.9. The molecule has 0 unspecified atom stereocenters. The van der Waals surface area contributed by atoms with Crippen LogP contribution in [0.25, 0.3) is 11.6 Å². The molecule has 0 aliphatic carbocycles. The Balaban J connectivity index is 2.61. The van der Waals surface area contributed by atoms with Gasteiger partial charge in [-0.05, 0) is 18.2 Å². The Labute approximate surface area is 133 Å². The molecule has 1 aromatic carbocycles. The maximum Gasteiger partial charge on any atom is 0.337 e. The van der Waals surface area contributed by atoms with Crippen molar-refractivity contribution in [3.05, 3.63) is 43.8 Å². The molecule has 0 saturated heterocycles. The first-order chi connectivity index (χ1) is 9.40. The van der Waals surface area contributed by atoms with E-state index in [0.29, 0.717) is 10.6 Å². The van der Waals surface area contributed by atoms with Gasteiger partial charge in [0.2, 0.25) is 0 Å². The summed E-state index contributed by atoms with van der Waals surface area (Å²) < 4.78 is 0. The zero-order chi connectivity index (χ0) is 14.9. The van der Waals surface area contributed by atoms with Crippen LogP contribution in [0.15, 0.2) is 17.5 Å². The van der Waals surface area contributed by atoms with Crippen molar-refractivity contribution in [3.8, 4) is 0 Å². The number of nitrogens with two attached hydrogens (primary N) is 1. The third-order valence-corrected chi connectivity index (χ3v) is 4.22. The molecule has 104 valence electrons. The summed E-state index contributed by atoms with van der Waals surface area (Å²) in [6.45, 7) is 0. The molecule has 8 heteroatoms. The van der Waals surface area contributed by atoms with Crippen LogP contribution in [0.2, 0.25) is 15.1 Å². The lowest BCUT2D eigenvalue weighted by Crippen LogP contribution is -2.00. The fourth-order valence-corrected chi connectivity index (χ4v) is 2.68. The van der Waals surface area contributed by atoms with Crippen LogP contribution < -0.4 is 5.73 Å². The minimum Gasteiger partial charge on any atom is -0.478 e. The largest absolute Gasteiger partial charge is 0.478 e. The number of nitrogens with zero attached hydrogens (tertiary/aromatic N) is 1. The number of carboxylic acid groups (broad SMARTS) is 1. The molecule has 20 heavy (non-hydrogen) atoms. The van der Waals surface area contributed by atoms with Crippen molar-refractivity contribution in [3.63, 3.8) is 0 Å². The van der Waals surface area contributed by atoms with E-state index in [-0.39, 0.29) is 26.4 Å². The Kier molecular flexibility index (Phi) is 4.55. The van der Waals surface area contributed by atoms with Crippen LogP contribution in [0.4, 0.5) is 5.13 Å². The summed E-state index contributed by atoms with van der Waals surface area (Å²) in [6.07, 6.45) is 1.33. The molecule has 1 aromatic heterocycles. The number of aromatic nitrogens is 1. The normalized spacial score (nSPS) is 11.7. The molecule has 1 heterocycles. The van der Waals surface area contributed by atoms with Crippen LogP contribution in [-0.2, 0) is 4.79 Å². The van der Waals surface area contributed by atoms with Gasteiger partial charge in [-0.25, -0.2) is 9.78 Å². The Hall–Kier alpha value is -1.27. The van der Waals surface area contributed by atoms with Crippen LogP contribution in [0, 0.1) is 0 Å². The van der Waals surface area contributed by atoms with E-state index in [1.165, 1.54) is 18.2 Å². The number of thiazole rings is 1. The zero-order valence-corrected chi connectivity index (χ0v) is 12.8. The molecule has 2 aromatic rings. The molecule has 0 fully saturated rings. The lowest BCUT2D eigenvalue weighted by molar-refractivity contribution is -0.130. The molecule has 0 radical (unpaired) electrons. The smallest absolute Gasteiger partial charge is 0.337 e. The lowest BCUT2D eigenvalue weighted by Gasteiger charge is -2.05. The Morgan fingerprint density at radius 3 is 2.50 bits per heavy atom. The minimum atomic E-state index is -1.16. The third kappa shape index (κ3) is 3.07. The van der Waals surface area contributed by atoms with Crippen molar-refractivity contribution in [2.24, 2.45) is 0 Å². The van der Waals surface area contributed by atoms with Crippen LogP contribution in [0.5, 0.6) is 0 Å². The maximum absolute atomic E-state index is 11.4. The summed E-state index contributed by atoms with van der Waals surface area (Å²) in [5.74, 6) is -1.16. The maximum atomic E-state index is 11.4. The highest BCUT2D eigenvalue weighted by atomic mass is 35.5. The summed E-state index contributed by atoms with van der Waals surface area (Å²) in [5.41, 5.74) is 6.01. The van der Waals surface area contributed by atoms with Gasteiger partial charge in [-0.2, -0.15) is 0 Å². The predicted octanol–water partition coefficient (Wildman–Crippen LogP) is 4.31. The Morgan fingerprint density at radius 2 is 1.95 bits per heavy atom. The minimum absolute atomic E-state index is 0.0657. The van der Waals surface area contributed by atoms with Crippen LogP contribution >= 0.6 is 46.1 Å². The molecule has 0 bridgehead atoms. The van der Waals surface area contributed by atoms with Crippen molar-refractivity contribution in [2.45, 2.75) is 0 Å². The highest BCUT2D eigenvalue weighted by molar-refractivity contribution is 7.13. The van der Waals surface area contributed by atoms with Gasteiger partial charge in [-0.3, -0.25) is 0 Å². The number of carbonyl (C=O) groups is 1. The average molecular weight is 350 g/mol. The average Bonchev–Trinajstić information content (AvgIpc) is 2.80. The predicted molar refractivity (Wildman–Crippen MR) is 83.5 cm³/mol.